The lowest BCUT2D eigenvalue weighted by Gasteiger charge is -2.19. The van der Waals surface area contributed by atoms with Crippen LogP contribution in [0.1, 0.15) is 29.8 Å². The highest BCUT2D eigenvalue weighted by atomic mass is 35.5. The van der Waals surface area contributed by atoms with Crippen LogP contribution in [0, 0.1) is 0 Å². The maximum Gasteiger partial charge on any atom is 0.413 e. The number of aromatic nitrogens is 2. The standard InChI is InChI=1S/C25H28Cl2N6O3/c1-3-32(4-2)14-13-28-23(34)17-5-8-20(9-6-17)30-24-29-12-11-22(31-24)33(25(35)36)16-18-15-19(26)7-10-21(18)27/h5-12,15H,3-4,13-14,16H2,1-2H3,(H,28,34)(H,35,36)(H,29,30,31). The van der Waals surface area contributed by atoms with E-state index in [0.29, 0.717) is 33.4 Å². The molecule has 0 atom stereocenters. The van der Waals surface area contributed by atoms with Gasteiger partial charge in [-0.2, -0.15) is 4.98 Å². The molecule has 2 amide bonds. The highest BCUT2D eigenvalue weighted by molar-refractivity contribution is 6.33. The number of hydrogen-bond donors (Lipinski definition) is 3. The summed E-state index contributed by atoms with van der Waals surface area (Å²) >= 11 is 12.2. The SMILES string of the molecule is CCN(CC)CCNC(=O)c1ccc(Nc2nccc(N(Cc3cc(Cl)ccc3Cl)C(=O)O)n2)cc1. The summed E-state index contributed by atoms with van der Waals surface area (Å²) in [5.74, 6) is 0.219. The zero-order valence-electron chi connectivity index (χ0n) is 20.0. The molecule has 0 bridgehead atoms. The monoisotopic (exact) mass is 530 g/mol. The molecule has 0 unspecified atom stereocenters. The van der Waals surface area contributed by atoms with Crippen LogP contribution in [0.3, 0.4) is 0 Å². The van der Waals surface area contributed by atoms with Gasteiger partial charge in [-0.15, -0.1) is 0 Å². The van der Waals surface area contributed by atoms with Crippen LogP contribution in [0.25, 0.3) is 0 Å². The highest BCUT2D eigenvalue weighted by Crippen LogP contribution is 2.25. The molecule has 1 heterocycles. The van der Waals surface area contributed by atoms with Gasteiger partial charge in [0.25, 0.3) is 5.91 Å². The van der Waals surface area contributed by atoms with Gasteiger partial charge in [0.2, 0.25) is 5.95 Å². The summed E-state index contributed by atoms with van der Waals surface area (Å²) in [6, 6.07) is 13.2. The lowest BCUT2D eigenvalue weighted by Crippen LogP contribution is -2.34. The zero-order valence-corrected chi connectivity index (χ0v) is 21.6. The van der Waals surface area contributed by atoms with Crippen molar-refractivity contribution in [2.75, 3.05) is 36.4 Å². The molecule has 0 aliphatic carbocycles. The highest BCUT2D eigenvalue weighted by Gasteiger charge is 2.19. The molecule has 0 fully saturated rings. The van der Waals surface area contributed by atoms with Gasteiger partial charge in [-0.1, -0.05) is 37.0 Å². The predicted octanol–water partition coefficient (Wildman–Crippen LogP) is 5.28. The second-order valence-electron chi connectivity index (χ2n) is 7.83. The first-order valence-electron chi connectivity index (χ1n) is 11.5. The molecule has 3 N–H and O–H groups in total. The first-order chi connectivity index (χ1) is 17.3. The van der Waals surface area contributed by atoms with E-state index < -0.39 is 6.09 Å². The number of benzene rings is 2. The van der Waals surface area contributed by atoms with Crippen molar-refractivity contribution in [3.8, 4) is 0 Å². The second kappa shape index (κ2) is 13.1. The number of anilines is 3. The summed E-state index contributed by atoms with van der Waals surface area (Å²) in [5, 5.41) is 16.6. The van der Waals surface area contributed by atoms with Gasteiger partial charge in [0.1, 0.15) is 5.82 Å². The molecule has 0 saturated heterocycles. The molecule has 0 spiro atoms. The van der Waals surface area contributed by atoms with E-state index in [1.165, 1.54) is 12.3 Å². The largest absolute Gasteiger partial charge is 0.465 e. The van der Waals surface area contributed by atoms with Gasteiger partial charge in [0.15, 0.2) is 0 Å². The fourth-order valence-electron chi connectivity index (χ4n) is 3.44. The van der Waals surface area contributed by atoms with Crippen LogP contribution in [0.15, 0.2) is 54.7 Å². The molecule has 190 valence electrons. The Kier molecular flexibility index (Phi) is 9.86. The Balaban J connectivity index is 1.66. The van der Waals surface area contributed by atoms with Crippen LogP contribution < -0.4 is 15.5 Å². The number of nitrogens with zero attached hydrogens (tertiary/aromatic N) is 4. The van der Waals surface area contributed by atoms with Crippen molar-refractivity contribution >= 4 is 52.7 Å². The van der Waals surface area contributed by atoms with Gasteiger partial charge in [-0.25, -0.2) is 9.78 Å². The van der Waals surface area contributed by atoms with Crippen molar-refractivity contribution in [3.05, 3.63) is 75.9 Å². The van der Waals surface area contributed by atoms with Crippen molar-refractivity contribution in [3.63, 3.8) is 0 Å². The van der Waals surface area contributed by atoms with Crippen molar-refractivity contribution in [1.29, 1.82) is 0 Å². The molecule has 0 saturated carbocycles. The van der Waals surface area contributed by atoms with Crippen molar-refractivity contribution in [1.82, 2.24) is 20.2 Å². The maximum absolute atomic E-state index is 12.4. The molecule has 3 aromatic rings. The molecule has 11 heteroatoms. The lowest BCUT2D eigenvalue weighted by atomic mass is 10.2. The summed E-state index contributed by atoms with van der Waals surface area (Å²) in [5.41, 5.74) is 1.72. The molecular formula is C25H28Cl2N6O3. The van der Waals surface area contributed by atoms with E-state index in [-0.39, 0.29) is 24.2 Å². The fourth-order valence-corrected chi connectivity index (χ4v) is 3.82. The first-order valence-corrected chi connectivity index (χ1v) is 12.2. The molecule has 0 aliphatic rings. The summed E-state index contributed by atoms with van der Waals surface area (Å²) in [7, 11) is 0. The molecule has 0 radical (unpaired) electrons. The van der Waals surface area contributed by atoms with E-state index in [9.17, 15) is 14.7 Å². The molecule has 3 rings (SSSR count). The van der Waals surface area contributed by atoms with Gasteiger partial charge in [-0.05, 0) is 67.2 Å². The van der Waals surface area contributed by atoms with Crippen LogP contribution >= 0.6 is 23.2 Å². The number of carbonyl (C=O) groups excluding carboxylic acids is 1. The van der Waals surface area contributed by atoms with Gasteiger partial charge in [0, 0.05) is 40.6 Å². The normalized spacial score (nSPS) is 10.8. The predicted molar refractivity (Wildman–Crippen MR) is 143 cm³/mol. The van der Waals surface area contributed by atoms with E-state index >= 15 is 0 Å². The topological polar surface area (TPSA) is 111 Å². The third-order valence-electron chi connectivity index (χ3n) is 5.50. The van der Waals surface area contributed by atoms with E-state index in [1.54, 1.807) is 42.5 Å². The Morgan fingerprint density at radius 3 is 2.42 bits per heavy atom. The number of nitrogens with one attached hydrogen (secondary N) is 2. The second-order valence-corrected chi connectivity index (χ2v) is 8.67. The minimum Gasteiger partial charge on any atom is -0.465 e. The minimum absolute atomic E-state index is 0.0384. The fraction of sp³-hybridized carbons (Fsp3) is 0.280. The lowest BCUT2D eigenvalue weighted by molar-refractivity contribution is 0.0949. The molecular weight excluding hydrogens is 503 g/mol. The number of carboxylic acid groups (broad SMARTS) is 1. The quantitative estimate of drug-likeness (QED) is 0.309. The third-order valence-corrected chi connectivity index (χ3v) is 6.10. The van der Waals surface area contributed by atoms with E-state index in [0.717, 1.165) is 24.5 Å². The van der Waals surface area contributed by atoms with Crippen LogP contribution in [-0.4, -0.2) is 58.2 Å². The third kappa shape index (κ3) is 7.55. The summed E-state index contributed by atoms with van der Waals surface area (Å²) in [4.78, 5) is 36.1. The molecule has 1 aromatic heterocycles. The number of likely N-dealkylation sites (N-methyl/N-ethyl adjacent to an activating group) is 1. The summed E-state index contributed by atoms with van der Waals surface area (Å²) < 4.78 is 0. The molecule has 36 heavy (non-hydrogen) atoms. The van der Waals surface area contributed by atoms with Crippen LogP contribution in [0.4, 0.5) is 22.2 Å². The number of hydrogen-bond acceptors (Lipinski definition) is 6. The number of carbonyl (C=O) groups is 2. The molecule has 9 nitrogen and oxygen atoms in total. The number of halogens is 2. The Morgan fingerprint density at radius 1 is 1.03 bits per heavy atom. The maximum atomic E-state index is 12.4. The van der Waals surface area contributed by atoms with Gasteiger partial charge in [-0.3, -0.25) is 9.69 Å². The Hall–Kier alpha value is -3.40. The zero-order chi connectivity index (χ0) is 26.1. The van der Waals surface area contributed by atoms with E-state index in [4.69, 9.17) is 23.2 Å². The van der Waals surface area contributed by atoms with Crippen molar-refractivity contribution in [2.45, 2.75) is 20.4 Å². The van der Waals surface area contributed by atoms with Gasteiger partial charge < -0.3 is 20.6 Å². The molecule has 0 aliphatic heterocycles. The summed E-state index contributed by atoms with van der Waals surface area (Å²) in [6.45, 7) is 7.38. The average molecular weight is 531 g/mol. The Labute approximate surface area is 220 Å². The Bertz CT molecular complexity index is 1190. The first kappa shape index (κ1) is 27.2. The van der Waals surface area contributed by atoms with Crippen molar-refractivity contribution in [2.24, 2.45) is 0 Å². The molecule has 2 aromatic carbocycles. The van der Waals surface area contributed by atoms with Crippen LogP contribution in [0.2, 0.25) is 10.0 Å². The van der Waals surface area contributed by atoms with Crippen LogP contribution in [0.5, 0.6) is 0 Å². The Morgan fingerprint density at radius 2 is 1.75 bits per heavy atom. The number of rotatable bonds is 11. The smallest absolute Gasteiger partial charge is 0.413 e. The van der Waals surface area contributed by atoms with Crippen molar-refractivity contribution < 1.29 is 14.7 Å². The number of amides is 2. The average Bonchev–Trinajstić information content (AvgIpc) is 2.87. The minimum atomic E-state index is -1.20. The van der Waals surface area contributed by atoms with Crippen LogP contribution in [-0.2, 0) is 6.54 Å². The van der Waals surface area contributed by atoms with E-state index in [2.05, 4.69) is 39.3 Å². The van der Waals surface area contributed by atoms with Gasteiger partial charge >= 0.3 is 6.09 Å². The van der Waals surface area contributed by atoms with E-state index in [1.807, 2.05) is 0 Å². The summed E-state index contributed by atoms with van der Waals surface area (Å²) in [6.07, 6.45) is 0.254. The van der Waals surface area contributed by atoms with Gasteiger partial charge in [0.05, 0.1) is 6.54 Å².